The van der Waals surface area contributed by atoms with Gasteiger partial charge in [0.2, 0.25) is 5.91 Å². The number of aryl methyl sites for hydroxylation is 4. The van der Waals surface area contributed by atoms with E-state index in [-0.39, 0.29) is 24.7 Å². The summed E-state index contributed by atoms with van der Waals surface area (Å²) in [4.78, 5) is 34.1. The number of aliphatic hydroxyl groups excluding tert-OH is 1. The summed E-state index contributed by atoms with van der Waals surface area (Å²) in [5, 5.41) is 14.4. The van der Waals surface area contributed by atoms with Crippen molar-refractivity contribution in [3.8, 4) is 10.4 Å². The van der Waals surface area contributed by atoms with E-state index in [4.69, 9.17) is 4.52 Å². The van der Waals surface area contributed by atoms with Crippen LogP contribution in [0.5, 0.6) is 0 Å². The van der Waals surface area contributed by atoms with Crippen molar-refractivity contribution < 1.29 is 19.2 Å². The number of aliphatic hydroxyl groups is 1. The lowest BCUT2D eigenvalue weighted by Crippen LogP contribution is -2.45. The highest BCUT2D eigenvalue weighted by Gasteiger charge is 2.45. The standard InChI is InChI=1S/C28H35N3O4S/c1-16-11-20(26-18(3)29-15-36-26)8-7-19(16)9-10-23(33)22-13-21(32)14-31(22)27(34)25(28(4,5)6)24-12-17(2)30-35-24/h7-8,11-12,15,21-22,25,32H,9-10,13-14H2,1-6H3/t21-,22+,25-/m1/s1. The van der Waals surface area contributed by atoms with Crippen LogP contribution in [0.25, 0.3) is 10.4 Å². The minimum absolute atomic E-state index is 0.0249. The van der Waals surface area contributed by atoms with Gasteiger partial charge in [0.15, 0.2) is 5.78 Å². The van der Waals surface area contributed by atoms with Crippen molar-refractivity contribution in [3.05, 3.63) is 58.1 Å². The van der Waals surface area contributed by atoms with Crippen LogP contribution in [-0.2, 0) is 16.0 Å². The molecule has 0 bridgehead atoms. The number of hydrogen-bond acceptors (Lipinski definition) is 7. The van der Waals surface area contributed by atoms with Crippen LogP contribution in [0.4, 0.5) is 0 Å². The maximum atomic E-state index is 13.7. The number of likely N-dealkylation sites (tertiary alicyclic amines) is 1. The number of thiazole rings is 1. The average Bonchev–Trinajstić information content (AvgIpc) is 3.51. The van der Waals surface area contributed by atoms with Gasteiger partial charge in [-0.1, -0.05) is 44.1 Å². The Labute approximate surface area is 216 Å². The normalized spacial score (nSPS) is 19.0. The smallest absolute Gasteiger partial charge is 0.234 e. The van der Waals surface area contributed by atoms with Gasteiger partial charge in [-0.2, -0.15) is 0 Å². The highest BCUT2D eigenvalue weighted by atomic mass is 32.1. The van der Waals surface area contributed by atoms with Gasteiger partial charge in [-0.05, 0) is 49.3 Å². The Morgan fingerprint density at radius 1 is 1.22 bits per heavy atom. The summed E-state index contributed by atoms with van der Waals surface area (Å²) in [5.74, 6) is -0.328. The molecular formula is C28H35N3O4S. The second-order valence-electron chi connectivity index (χ2n) is 10.9. The molecule has 36 heavy (non-hydrogen) atoms. The predicted molar refractivity (Wildman–Crippen MR) is 140 cm³/mol. The first-order valence-corrected chi connectivity index (χ1v) is 13.3. The fourth-order valence-electron chi connectivity index (χ4n) is 5.09. The maximum absolute atomic E-state index is 13.7. The number of Topliss-reactive ketones (excluding diaryl/α,β-unsaturated/α-hetero) is 1. The van der Waals surface area contributed by atoms with Crippen molar-refractivity contribution in [2.24, 2.45) is 5.41 Å². The molecule has 3 heterocycles. The molecule has 0 saturated carbocycles. The van der Waals surface area contributed by atoms with Crippen LogP contribution in [0.2, 0.25) is 0 Å². The lowest BCUT2D eigenvalue weighted by atomic mass is 9.78. The number of carbonyl (C=O) groups excluding carboxylic acids is 2. The molecule has 3 atom stereocenters. The van der Waals surface area contributed by atoms with Gasteiger partial charge in [-0.3, -0.25) is 9.59 Å². The lowest BCUT2D eigenvalue weighted by Gasteiger charge is -2.33. The largest absolute Gasteiger partial charge is 0.391 e. The molecule has 4 rings (SSSR count). The molecule has 1 aliphatic heterocycles. The molecule has 1 aromatic carbocycles. The topological polar surface area (TPSA) is 96.5 Å². The first-order chi connectivity index (χ1) is 17.0. The van der Waals surface area contributed by atoms with Gasteiger partial charge >= 0.3 is 0 Å². The number of hydrogen-bond donors (Lipinski definition) is 1. The maximum Gasteiger partial charge on any atom is 0.234 e. The minimum Gasteiger partial charge on any atom is -0.391 e. The van der Waals surface area contributed by atoms with Crippen molar-refractivity contribution in [1.29, 1.82) is 0 Å². The minimum atomic E-state index is -0.719. The zero-order valence-electron chi connectivity index (χ0n) is 21.9. The Kier molecular flexibility index (Phi) is 7.48. The third-order valence-electron chi connectivity index (χ3n) is 6.97. The van der Waals surface area contributed by atoms with Gasteiger partial charge < -0.3 is 14.5 Å². The highest BCUT2D eigenvalue weighted by Crippen LogP contribution is 2.39. The van der Waals surface area contributed by atoms with Crippen molar-refractivity contribution in [3.63, 3.8) is 0 Å². The Morgan fingerprint density at radius 2 is 1.97 bits per heavy atom. The van der Waals surface area contributed by atoms with E-state index < -0.39 is 23.5 Å². The predicted octanol–water partition coefficient (Wildman–Crippen LogP) is 5.02. The molecule has 1 fully saturated rings. The Bertz CT molecular complexity index is 1260. The molecule has 192 valence electrons. The van der Waals surface area contributed by atoms with Gasteiger partial charge in [0, 0.05) is 25.5 Å². The van der Waals surface area contributed by atoms with Gasteiger partial charge in [-0.25, -0.2) is 4.98 Å². The number of carbonyl (C=O) groups is 2. The van der Waals surface area contributed by atoms with Crippen LogP contribution in [0.15, 0.2) is 34.3 Å². The quantitative estimate of drug-likeness (QED) is 0.481. The third kappa shape index (κ3) is 5.44. The van der Waals surface area contributed by atoms with Gasteiger partial charge in [0.25, 0.3) is 0 Å². The summed E-state index contributed by atoms with van der Waals surface area (Å²) in [5.41, 5.74) is 6.49. The zero-order valence-corrected chi connectivity index (χ0v) is 22.7. The molecule has 1 aliphatic rings. The first kappa shape index (κ1) is 26.2. The molecule has 1 saturated heterocycles. The Hall–Kier alpha value is -2.84. The summed E-state index contributed by atoms with van der Waals surface area (Å²) in [6.45, 7) is 11.9. The number of β-amino-alcohol motifs (C(OH)–C–C–N with tert-alkyl or cyclic N) is 1. The second-order valence-corrected chi connectivity index (χ2v) is 11.8. The Balaban J connectivity index is 1.49. The first-order valence-electron chi connectivity index (χ1n) is 12.4. The molecule has 0 unspecified atom stereocenters. The van der Waals surface area contributed by atoms with Crippen LogP contribution in [0, 0.1) is 26.2 Å². The number of aromatic nitrogens is 2. The van der Waals surface area contributed by atoms with Gasteiger partial charge in [0.1, 0.15) is 11.7 Å². The van der Waals surface area contributed by atoms with E-state index in [1.165, 1.54) is 0 Å². The lowest BCUT2D eigenvalue weighted by molar-refractivity contribution is -0.141. The number of ketones is 1. The van der Waals surface area contributed by atoms with E-state index in [1.807, 2.05) is 40.1 Å². The van der Waals surface area contributed by atoms with Crippen LogP contribution < -0.4 is 0 Å². The number of rotatable bonds is 7. The fourth-order valence-corrected chi connectivity index (χ4v) is 5.89. The molecule has 0 spiro atoms. The third-order valence-corrected chi connectivity index (χ3v) is 7.95. The van der Waals surface area contributed by atoms with E-state index in [9.17, 15) is 14.7 Å². The van der Waals surface area contributed by atoms with Crippen LogP contribution in [-0.4, -0.2) is 50.5 Å². The molecule has 3 aromatic rings. The summed E-state index contributed by atoms with van der Waals surface area (Å²) in [7, 11) is 0. The summed E-state index contributed by atoms with van der Waals surface area (Å²) < 4.78 is 5.47. The van der Waals surface area contributed by atoms with E-state index in [2.05, 4.69) is 35.3 Å². The van der Waals surface area contributed by atoms with Crippen LogP contribution in [0.1, 0.15) is 67.8 Å². The van der Waals surface area contributed by atoms with E-state index in [1.54, 1.807) is 22.3 Å². The molecule has 1 amide bonds. The van der Waals surface area contributed by atoms with E-state index >= 15 is 0 Å². The number of amides is 1. The molecule has 0 radical (unpaired) electrons. The zero-order chi connectivity index (χ0) is 26.2. The molecule has 7 nitrogen and oxygen atoms in total. The van der Waals surface area contributed by atoms with Crippen molar-refractivity contribution >= 4 is 23.0 Å². The average molecular weight is 510 g/mol. The van der Waals surface area contributed by atoms with Crippen molar-refractivity contribution in [2.45, 2.75) is 78.9 Å². The van der Waals surface area contributed by atoms with Gasteiger partial charge in [0.05, 0.1) is 33.9 Å². The summed E-state index contributed by atoms with van der Waals surface area (Å²) >= 11 is 1.62. The number of nitrogens with zero attached hydrogens (tertiary/aromatic N) is 3. The SMILES string of the molecule is Cc1cc([C@H](C(=O)N2C[C@H](O)C[C@H]2C(=O)CCc2ccc(-c3scnc3C)cc2C)C(C)(C)C)on1. The number of benzene rings is 1. The van der Waals surface area contributed by atoms with Crippen molar-refractivity contribution in [2.75, 3.05) is 6.54 Å². The van der Waals surface area contributed by atoms with Crippen molar-refractivity contribution in [1.82, 2.24) is 15.0 Å². The molecule has 8 heteroatoms. The summed E-state index contributed by atoms with van der Waals surface area (Å²) in [6.07, 6.45) is 0.441. The molecule has 2 aromatic heterocycles. The van der Waals surface area contributed by atoms with E-state index in [0.717, 1.165) is 27.3 Å². The molecule has 1 N–H and O–H groups in total. The Morgan fingerprint density at radius 3 is 2.56 bits per heavy atom. The summed E-state index contributed by atoms with van der Waals surface area (Å²) in [6, 6.07) is 7.43. The van der Waals surface area contributed by atoms with Gasteiger partial charge in [-0.15, -0.1) is 11.3 Å². The van der Waals surface area contributed by atoms with Crippen LogP contribution >= 0.6 is 11.3 Å². The van der Waals surface area contributed by atoms with E-state index in [0.29, 0.717) is 24.3 Å². The second kappa shape index (κ2) is 10.3. The van der Waals surface area contributed by atoms with Crippen LogP contribution in [0.3, 0.4) is 0 Å². The fraction of sp³-hybridized carbons (Fsp3) is 0.500. The molecular weight excluding hydrogens is 474 g/mol. The monoisotopic (exact) mass is 509 g/mol. The highest BCUT2D eigenvalue weighted by molar-refractivity contribution is 7.13. The molecule has 0 aliphatic carbocycles.